The van der Waals surface area contributed by atoms with E-state index < -0.39 is 5.92 Å². The Bertz CT molecular complexity index is 979. The molecule has 1 amide bonds. The normalized spacial score (nSPS) is 15.7. The van der Waals surface area contributed by atoms with Crippen LogP contribution >= 0.6 is 0 Å². The second kappa shape index (κ2) is 13.9. The van der Waals surface area contributed by atoms with Gasteiger partial charge in [-0.1, -0.05) is 12.1 Å². The van der Waals surface area contributed by atoms with E-state index in [9.17, 15) is 15.0 Å². The second-order valence-corrected chi connectivity index (χ2v) is 8.90. The van der Waals surface area contributed by atoms with Crippen LogP contribution in [0.3, 0.4) is 0 Å². The fourth-order valence-electron chi connectivity index (χ4n) is 4.51. The lowest BCUT2D eigenvalue weighted by atomic mass is 9.82. The van der Waals surface area contributed by atoms with Crippen molar-refractivity contribution >= 4 is 5.91 Å². The number of nitrogens with zero attached hydrogens (tertiary/aromatic N) is 1. The SMILES string of the molecule is COc1cc(C[C@@H](C(=O)NCCN2CCOCC2)[C@H](CO)Cc2ccc(OC)c(OC)c2)ccc1O. The molecule has 1 saturated heterocycles. The maximum absolute atomic E-state index is 13.4. The van der Waals surface area contributed by atoms with Gasteiger partial charge in [-0.2, -0.15) is 0 Å². The van der Waals surface area contributed by atoms with Crippen LogP contribution in [0.25, 0.3) is 0 Å². The van der Waals surface area contributed by atoms with Crippen molar-refractivity contribution in [3.63, 3.8) is 0 Å². The van der Waals surface area contributed by atoms with Crippen molar-refractivity contribution in [3.8, 4) is 23.0 Å². The molecule has 2 atom stereocenters. The van der Waals surface area contributed by atoms with Gasteiger partial charge in [0.1, 0.15) is 0 Å². The fraction of sp³-hybridized carbons (Fsp3) is 0.519. The highest BCUT2D eigenvalue weighted by Crippen LogP contribution is 2.32. The van der Waals surface area contributed by atoms with E-state index >= 15 is 0 Å². The summed E-state index contributed by atoms with van der Waals surface area (Å²) in [5.41, 5.74) is 1.77. The zero-order valence-corrected chi connectivity index (χ0v) is 21.4. The number of methoxy groups -OCH3 is 3. The number of morpholine rings is 1. The largest absolute Gasteiger partial charge is 0.504 e. The number of rotatable bonds is 13. The van der Waals surface area contributed by atoms with Crippen molar-refractivity contribution < 1.29 is 34.0 Å². The van der Waals surface area contributed by atoms with E-state index in [2.05, 4.69) is 10.2 Å². The van der Waals surface area contributed by atoms with Gasteiger partial charge in [0.2, 0.25) is 5.91 Å². The first kappa shape index (κ1) is 27.6. The van der Waals surface area contributed by atoms with E-state index in [0.717, 1.165) is 30.8 Å². The molecule has 0 unspecified atom stereocenters. The van der Waals surface area contributed by atoms with Crippen LogP contribution in [0.1, 0.15) is 11.1 Å². The molecule has 0 spiro atoms. The molecule has 1 aliphatic rings. The van der Waals surface area contributed by atoms with Crippen LogP contribution in [0, 0.1) is 11.8 Å². The minimum absolute atomic E-state index is 0.0387. The summed E-state index contributed by atoms with van der Waals surface area (Å²) >= 11 is 0. The van der Waals surface area contributed by atoms with E-state index in [-0.39, 0.29) is 24.2 Å². The molecule has 0 aromatic heterocycles. The molecule has 3 rings (SSSR count). The highest BCUT2D eigenvalue weighted by Gasteiger charge is 2.29. The van der Waals surface area contributed by atoms with E-state index in [1.54, 1.807) is 32.4 Å². The van der Waals surface area contributed by atoms with E-state index in [0.29, 0.717) is 49.8 Å². The molecule has 3 N–H and O–H groups in total. The van der Waals surface area contributed by atoms with Gasteiger partial charge in [-0.3, -0.25) is 9.69 Å². The number of hydrogen-bond donors (Lipinski definition) is 3. The van der Waals surface area contributed by atoms with Crippen LogP contribution in [0.5, 0.6) is 23.0 Å². The molecule has 1 heterocycles. The molecule has 9 heteroatoms. The van der Waals surface area contributed by atoms with Gasteiger partial charge in [0.25, 0.3) is 0 Å². The molecular weight excluding hydrogens is 464 g/mol. The van der Waals surface area contributed by atoms with E-state index in [4.69, 9.17) is 18.9 Å². The van der Waals surface area contributed by atoms with Gasteiger partial charge in [0.05, 0.1) is 34.5 Å². The number of aliphatic hydroxyl groups excluding tert-OH is 1. The molecule has 2 aromatic carbocycles. The Morgan fingerprint density at radius 1 is 0.972 bits per heavy atom. The number of nitrogens with one attached hydrogen (secondary N) is 1. The van der Waals surface area contributed by atoms with E-state index in [1.807, 2.05) is 18.2 Å². The predicted octanol–water partition coefficient (Wildman–Crippen LogP) is 1.88. The highest BCUT2D eigenvalue weighted by atomic mass is 16.5. The smallest absolute Gasteiger partial charge is 0.223 e. The number of ether oxygens (including phenoxy) is 4. The van der Waals surface area contributed by atoms with Crippen LogP contribution in [0.2, 0.25) is 0 Å². The Morgan fingerprint density at radius 2 is 1.61 bits per heavy atom. The van der Waals surface area contributed by atoms with Crippen LogP contribution in [-0.4, -0.2) is 88.3 Å². The van der Waals surface area contributed by atoms with Crippen LogP contribution in [0.15, 0.2) is 36.4 Å². The summed E-state index contributed by atoms with van der Waals surface area (Å²) in [6.07, 6.45) is 0.867. The quantitative estimate of drug-likeness (QED) is 0.381. The first-order valence-corrected chi connectivity index (χ1v) is 12.2. The molecule has 2 aromatic rings. The lowest BCUT2D eigenvalue weighted by Crippen LogP contribution is -2.44. The van der Waals surface area contributed by atoms with Crippen LogP contribution < -0.4 is 19.5 Å². The number of carbonyl (C=O) groups excluding carboxylic acids is 1. The molecule has 1 fully saturated rings. The summed E-state index contributed by atoms with van der Waals surface area (Å²) < 4.78 is 21.4. The number of aromatic hydroxyl groups is 1. The number of phenolic OH excluding ortho intramolecular Hbond substituents is 1. The summed E-state index contributed by atoms with van der Waals surface area (Å²) in [6.45, 7) is 4.22. The molecule has 198 valence electrons. The average Bonchev–Trinajstić information content (AvgIpc) is 2.91. The lowest BCUT2D eigenvalue weighted by Gasteiger charge is -2.28. The minimum atomic E-state index is -0.498. The molecular formula is C27H38N2O7. The Balaban J connectivity index is 1.78. The van der Waals surface area contributed by atoms with Gasteiger partial charge in [0.15, 0.2) is 23.0 Å². The van der Waals surface area contributed by atoms with Gasteiger partial charge in [-0.05, 0) is 54.2 Å². The standard InChI is InChI=1S/C27H38N2O7/c1-33-24-7-5-19(17-26(24)35-3)14-21(18-30)22(15-20-4-6-23(31)25(16-20)34-2)27(32)28-8-9-29-10-12-36-13-11-29/h4-7,16-17,21-22,30-31H,8-15,18H2,1-3H3,(H,28,32)/t21-,22+/m0/s1. The summed E-state index contributed by atoms with van der Waals surface area (Å²) in [7, 11) is 4.65. The molecule has 0 radical (unpaired) electrons. The van der Waals surface area contributed by atoms with Gasteiger partial charge < -0.3 is 34.5 Å². The number of carbonyl (C=O) groups is 1. The maximum atomic E-state index is 13.4. The molecule has 0 aliphatic carbocycles. The zero-order chi connectivity index (χ0) is 25.9. The van der Waals surface area contributed by atoms with Crippen molar-refractivity contribution in [3.05, 3.63) is 47.5 Å². The van der Waals surface area contributed by atoms with Gasteiger partial charge in [0, 0.05) is 38.7 Å². The number of phenols is 1. The maximum Gasteiger partial charge on any atom is 0.223 e. The fourth-order valence-corrected chi connectivity index (χ4v) is 4.51. The monoisotopic (exact) mass is 502 g/mol. The average molecular weight is 503 g/mol. The Labute approximate surface area is 212 Å². The summed E-state index contributed by atoms with van der Waals surface area (Å²) in [4.78, 5) is 15.7. The third-order valence-electron chi connectivity index (χ3n) is 6.62. The Morgan fingerprint density at radius 3 is 2.28 bits per heavy atom. The molecule has 1 aliphatic heterocycles. The van der Waals surface area contributed by atoms with Crippen molar-refractivity contribution in [2.45, 2.75) is 12.8 Å². The first-order chi connectivity index (χ1) is 17.5. The lowest BCUT2D eigenvalue weighted by molar-refractivity contribution is -0.127. The second-order valence-electron chi connectivity index (χ2n) is 8.90. The molecule has 36 heavy (non-hydrogen) atoms. The predicted molar refractivity (Wildman–Crippen MR) is 136 cm³/mol. The molecule has 9 nitrogen and oxygen atoms in total. The first-order valence-electron chi connectivity index (χ1n) is 12.2. The summed E-state index contributed by atoms with van der Waals surface area (Å²) in [6, 6.07) is 10.7. The number of aliphatic hydroxyl groups is 1. The summed E-state index contributed by atoms with van der Waals surface area (Å²) in [5, 5.41) is 23.4. The Hall–Kier alpha value is -3.01. The third kappa shape index (κ3) is 7.49. The van der Waals surface area contributed by atoms with Gasteiger partial charge >= 0.3 is 0 Å². The highest BCUT2D eigenvalue weighted by molar-refractivity contribution is 5.79. The number of hydrogen-bond acceptors (Lipinski definition) is 8. The molecule has 0 saturated carbocycles. The van der Waals surface area contributed by atoms with Gasteiger partial charge in [-0.25, -0.2) is 0 Å². The van der Waals surface area contributed by atoms with Crippen molar-refractivity contribution in [2.24, 2.45) is 11.8 Å². The minimum Gasteiger partial charge on any atom is -0.504 e. The van der Waals surface area contributed by atoms with Crippen LogP contribution in [-0.2, 0) is 22.4 Å². The zero-order valence-electron chi connectivity index (χ0n) is 21.4. The number of benzene rings is 2. The Kier molecular flexibility index (Phi) is 10.7. The van der Waals surface area contributed by atoms with E-state index in [1.165, 1.54) is 7.11 Å². The van der Waals surface area contributed by atoms with Crippen molar-refractivity contribution in [1.29, 1.82) is 0 Å². The topological polar surface area (TPSA) is 110 Å². The van der Waals surface area contributed by atoms with Gasteiger partial charge in [-0.15, -0.1) is 0 Å². The third-order valence-corrected chi connectivity index (χ3v) is 6.62. The van der Waals surface area contributed by atoms with Crippen molar-refractivity contribution in [2.75, 3.05) is 67.3 Å². The summed E-state index contributed by atoms with van der Waals surface area (Å²) in [5.74, 6) is 0.649. The molecule has 0 bridgehead atoms. The van der Waals surface area contributed by atoms with Crippen LogP contribution in [0.4, 0.5) is 0 Å². The van der Waals surface area contributed by atoms with Crippen molar-refractivity contribution in [1.82, 2.24) is 10.2 Å². The number of amides is 1.